The molecule has 1 aromatic carbocycles. The SMILES string of the molecule is Nc1ccc2c(c1)C(=O)N(Cc1cc(Br)cs1)CC2. The highest BCUT2D eigenvalue weighted by atomic mass is 79.9. The van der Waals surface area contributed by atoms with E-state index in [4.69, 9.17) is 5.73 Å². The predicted octanol–water partition coefficient (Wildman–Crippen LogP) is 3.29. The zero-order valence-corrected chi connectivity index (χ0v) is 12.6. The molecule has 0 atom stereocenters. The highest BCUT2D eigenvalue weighted by Gasteiger charge is 2.24. The smallest absolute Gasteiger partial charge is 0.254 e. The number of nitrogens with zero attached hydrogens (tertiary/aromatic N) is 1. The predicted molar refractivity (Wildman–Crippen MR) is 81.3 cm³/mol. The maximum atomic E-state index is 12.4. The number of halogens is 1. The van der Waals surface area contributed by atoms with E-state index >= 15 is 0 Å². The number of amides is 1. The average molecular weight is 337 g/mol. The molecular weight excluding hydrogens is 324 g/mol. The second-order valence-corrected chi connectivity index (χ2v) is 6.54. The molecule has 3 nitrogen and oxygen atoms in total. The van der Waals surface area contributed by atoms with Crippen molar-refractivity contribution in [2.24, 2.45) is 0 Å². The lowest BCUT2D eigenvalue weighted by Crippen LogP contribution is -2.36. The minimum Gasteiger partial charge on any atom is -0.399 e. The van der Waals surface area contributed by atoms with Gasteiger partial charge in [0.05, 0.1) is 6.54 Å². The third-order valence-electron chi connectivity index (χ3n) is 3.27. The average Bonchev–Trinajstić information content (AvgIpc) is 2.79. The molecule has 0 fully saturated rings. The second-order valence-electron chi connectivity index (χ2n) is 4.62. The van der Waals surface area contributed by atoms with Gasteiger partial charge in [0, 0.05) is 32.5 Å². The molecule has 0 bridgehead atoms. The Bertz CT molecular complexity index is 638. The van der Waals surface area contributed by atoms with Crippen LogP contribution in [-0.4, -0.2) is 17.4 Å². The van der Waals surface area contributed by atoms with Crippen LogP contribution in [0.4, 0.5) is 5.69 Å². The minimum absolute atomic E-state index is 0.0815. The molecule has 0 saturated carbocycles. The zero-order valence-electron chi connectivity index (χ0n) is 10.2. The largest absolute Gasteiger partial charge is 0.399 e. The van der Waals surface area contributed by atoms with Crippen LogP contribution in [0.3, 0.4) is 0 Å². The van der Waals surface area contributed by atoms with E-state index in [9.17, 15) is 4.79 Å². The molecule has 2 aromatic rings. The van der Waals surface area contributed by atoms with Gasteiger partial charge in [0.2, 0.25) is 0 Å². The number of benzene rings is 1. The molecule has 0 saturated heterocycles. The van der Waals surface area contributed by atoms with Gasteiger partial charge in [-0.05, 0) is 46.1 Å². The van der Waals surface area contributed by atoms with E-state index < -0.39 is 0 Å². The fourth-order valence-electron chi connectivity index (χ4n) is 2.31. The molecular formula is C14H13BrN2OS. The Labute approximate surface area is 124 Å². The van der Waals surface area contributed by atoms with E-state index in [1.54, 1.807) is 17.4 Å². The monoisotopic (exact) mass is 336 g/mol. The minimum atomic E-state index is 0.0815. The zero-order chi connectivity index (χ0) is 13.4. The van der Waals surface area contributed by atoms with Crippen molar-refractivity contribution >= 4 is 38.9 Å². The molecule has 1 aromatic heterocycles. The summed E-state index contributed by atoms with van der Waals surface area (Å²) in [5.74, 6) is 0.0815. The van der Waals surface area contributed by atoms with Gasteiger partial charge in [-0.2, -0.15) is 0 Å². The summed E-state index contributed by atoms with van der Waals surface area (Å²) in [5.41, 5.74) is 8.27. The molecule has 0 spiro atoms. The van der Waals surface area contributed by atoms with Gasteiger partial charge in [0.1, 0.15) is 0 Å². The summed E-state index contributed by atoms with van der Waals surface area (Å²) in [6.07, 6.45) is 0.897. The third-order valence-corrected chi connectivity index (χ3v) is 4.95. The van der Waals surface area contributed by atoms with Crippen LogP contribution in [-0.2, 0) is 13.0 Å². The van der Waals surface area contributed by atoms with Crippen molar-refractivity contribution < 1.29 is 4.79 Å². The van der Waals surface area contributed by atoms with Crippen molar-refractivity contribution in [2.75, 3.05) is 12.3 Å². The standard InChI is InChI=1S/C14H13BrN2OS/c15-10-5-12(19-8-10)7-17-4-3-9-1-2-11(16)6-13(9)14(17)18/h1-2,5-6,8H,3-4,7,16H2. The Hall–Kier alpha value is -1.33. The first-order valence-corrected chi connectivity index (χ1v) is 7.71. The quantitative estimate of drug-likeness (QED) is 0.855. The van der Waals surface area contributed by atoms with Crippen LogP contribution < -0.4 is 5.73 Å². The Morgan fingerprint density at radius 1 is 1.37 bits per heavy atom. The van der Waals surface area contributed by atoms with E-state index in [1.165, 1.54) is 4.88 Å². The van der Waals surface area contributed by atoms with Crippen molar-refractivity contribution in [3.63, 3.8) is 0 Å². The molecule has 2 heterocycles. The first-order valence-electron chi connectivity index (χ1n) is 6.04. The molecule has 19 heavy (non-hydrogen) atoms. The van der Waals surface area contributed by atoms with Gasteiger partial charge in [0.15, 0.2) is 0 Å². The van der Waals surface area contributed by atoms with Crippen LogP contribution in [0, 0.1) is 0 Å². The Morgan fingerprint density at radius 3 is 2.95 bits per heavy atom. The van der Waals surface area contributed by atoms with Crippen molar-refractivity contribution in [1.29, 1.82) is 0 Å². The Morgan fingerprint density at radius 2 is 2.21 bits per heavy atom. The highest BCUT2D eigenvalue weighted by Crippen LogP contribution is 2.25. The van der Waals surface area contributed by atoms with Crippen molar-refractivity contribution in [3.05, 3.63) is 50.1 Å². The number of nitrogen functional groups attached to an aromatic ring is 1. The lowest BCUT2D eigenvalue weighted by atomic mass is 9.98. The van der Waals surface area contributed by atoms with Crippen LogP contribution in [0.2, 0.25) is 0 Å². The van der Waals surface area contributed by atoms with E-state index in [2.05, 4.69) is 22.0 Å². The molecule has 2 N–H and O–H groups in total. The van der Waals surface area contributed by atoms with Crippen molar-refractivity contribution in [1.82, 2.24) is 4.90 Å². The molecule has 5 heteroatoms. The number of thiophene rings is 1. The summed E-state index contributed by atoms with van der Waals surface area (Å²) in [7, 11) is 0. The van der Waals surface area contributed by atoms with Gasteiger partial charge < -0.3 is 10.6 Å². The Balaban J connectivity index is 1.85. The molecule has 0 aliphatic carbocycles. The van der Waals surface area contributed by atoms with Gasteiger partial charge >= 0.3 is 0 Å². The van der Waals surface area contributed by atoms with Crippen LogP contribution in [0.1, 0.15) is 20.8 Å². The number of carbonyl (C=O) groups is 1. The fourth-order valence-corrected chi connectivity index (χ4v) is 3.78. The number of hydrogen-bond acceptors (Lipinski definition) is 3. The topological polar surface area (TPSA) is 46.3 Å². The van der Waals surface area contributed by atoms with Crippen LogP contribution in [0.15, 0.2) is 34.1 Å². The normalized spacial score (nSPS) is 14.6. The third kappa shape index (κ3) is 2.53. The number of fused-ring (bicyclic) bond motifs is 1. The Kier molecular flexibility index (Phi) is 3.33. The molecule has 98 valence electrons. The molecule has 1 aliphatic rings. The summed E-state index contributed by atoms with van der Waals surface area (Å²) in [6, 6.07) is 7.67. The van der Waals surface area contributed by atoms with Crippen molar-refractivity contribution in [3.8, 4) is 0 Å². The number of anilines is 1. The van der Waals surface area contributed by atoms with E-state index in [1.807, 2.05) is 22.4 Å². The number of nitrogens with two attached hydrogens (primary N) is 1. The lowest BCUT2D eigenvalue weighted by Gasteiger charge is -2.28. The maximum absolute atomic E-state index is 12.4. The van der Waals surface area contributed by atoms with Gasteiger partial charge in [-0.25, -0.2) is 0 Å². The highest BCUT2D eigenvalue weighted by molar-refractivity contribution is 9.10. The van der Waals surface area contributed by atoms with E-state index in [0.29, 0.717) is 12.2 Å². The number of hydrogen-bond donors (Lipinski definition) is 1. The number of carbonyl (C=O) groups excluding carboxylic acids is 1. The van der Waals surface area contributed by atoms with E-state index in [0.717, 1.165) is 28.6 Å². The summed E-state index contributed by atoms with van der Waals surface area (Å²) in [6.45, 7) is 1.44. The summed E-state index contributed by atoms with van der Waals surface area (Å²) in [4.78, 5) is 15.5. The molecule has 3 rings (SSSR count). The first kappa shape index (κ1) is 12.7. The first-order chi connectivity index (χ1) is 9.13. The summed E-state index contributed by atoms with van der Waals surface area (Å²) >= 11 is 5.10. The molecule has 0 unspecified atom stereocenters. The van der Waals surface area contributed by atoms with E-state index in [-0.39, 0.29) is 5.91 Å². The lowest BCUT2D eigenvalue weighted by molar-refractivity contribution is 0.0729. The van der Waals surface area contributed by atoms with Crippen LogP contribution in [0.25, 0.3) is 0 Å². The molecule has 0 radical (unpaired) electrons. The fraction of sp³-hybridized carbons (Fsp3) is 0.214. The van der Waals surface area contributed by atoms with Gasteiger partial charge in [-0.3, -0.25) is 4.79 Å². The van der Waals surface area contributed by atoms with Gasteiger partial charge in [-0.15, -0.1) is 11.3 Å². The summed E-state index contributed by atoms with van der Waals surface area (Å²) in [5, 5.41) is 2.04. The second kappa shape index (κ2) is 4.98. The van der Waals surface area contributed by atoms with Crippen molar-refractivity contribution in [2.45, 2.75) is 13.0 Å². The van der Waals surface area contributed by atoms with Gasteiger partial charge in [0.25, 0.3) is 5.91 Å². The number of rotatable bonds is 2. The van der Waals surface area contributed by atoms with Gasteiger partial charge in [-0.1, -0.05) is 6.07 Å². The molecule has 1 aliphatic heterocycles. The summed E-state index contributed by atoms with van der Waals surface area (Å²) < 4.78 is 1.07. The maximum Gasteiger partial charge on any atom is 0.254 e. The van der Waals surface area contributed by atoms with Crippen LogP contribution >= 0.6 is 27.3 Å². The molecule has 1 amide bonds. The van der Waals surface area contributed by atoms with Crippen LogP contribution in [0.5, 0.6) is 0 Å².